The first-order valence-corrected chi connectivity index (χ1v) is 4.98. The van der Waals surface area contributed by atoms with Gasteiger partial charge in [0.2, 0.25) is 5.95 Å². The van der Waals surface area contributed by atoms with Crippen LogP contribution in [0.1, 0.15) is 5.69 Å². The maximum atomic E-state index is 13.4. The Hall–Kier alpha value is -2.31. The summed E-state index contributed by atoms with van der Waals surface area (Å²) in [6.07, 6.45) is 0. The molecule has 94 valence electrons. The zero-order valence-corrected chi connectivity index (χ0v) is 9.34. The minimum atomic E-state index is -1.28. The molecule has 2 rings (SSSR count). The van der Waals surface area contributed by atoms with Gasteiger partial charge in [-0.1, -0.05) is 0 Å². The Bertz CT molecular complexity index is 581. The summed E-state index contributed by atoms with van der Waals surface area (Å²) in [5.41, 5.74) is 5.59. The first kappa shape index (κ1) is 12.2. The van der Waals surface area contributed by atoms with Gasteiger partial charge in [0.25, 0.3) is 0 Å². The highest BCUT2D eigenvalue weighted by Gasteiger charge is 2.12. The van der Waals surface area contributed by atoms with Gasteiger partial charge < -0.3 is 11.1 Å². The van der Waals surface area contributed by atoms with Crippen LogP contribution in [0, 0.1) is 24.4 Å². The smallest absolute Gasteiger partial charge is 0.222 e. The van der Waals surface area contributed by atoms with Crippen molar-refractivity contribution in [3.05, 3.63) is 41.3 Å². The molecule has 0 aliphatic rings. The third-order valence-corrected chi connectivity index (χ3v) is 2.13. The standard InChI is InChI=1S/C11H9F3N4/c1-5-2-9(18-11(15)16-5)17-8-4-6(12)3-7(13)10(8)14/h2-4H,1H3,(H3,15,16,17,18). The molecule has 18 heavy (non-hydrogen) atoms. The molecule has 2 aromatic rings. The van der Waals surface area contributed by atoms with Crippen molar-refractivity contribution in [2.45, 2.75) is 6.92 Å². The molecule has 0 saturated carbocycles. The van der Waals surface area contributed by atoms with E-state index >= 15 is 0 Å². The molecule has 0 spiro atoms. The van der Waals surface area contributed by atoms with Crippen molar-refractivity contribution in [1.29, 1.82) is 0 Å². The van der Waals surface area contributed by atoms with Crippen LogP contribution in [0.15, 0.2) is 18.2 Å². The summed E-state index contributed by atoms with van der Waals surface area (Å²) in [5, 5.41) is 2.45. The molecule has 0 amide bonds. The molecule has 1 aromatic carbocycles. The van der Waals surface area contributed by atoms with Crippen molar-refractivity contribution in [3.8, 4) is 0 Å². The minimum absolute atomic E-state index is 0.0187. The Kier molecular flexibility index (Phi) is 3.05. The second-order valence-electron chi connectivity index (χ2n) is 3.63. The van der Waals surface area contributed by atoms with E-state index in [1.807, 2.05) is 0 Å². The van der Waals surface area contributed by atoms with E-state index in [0.717, 1.165) is 6.07 Å². The van der Waals surface area contributed by atoms with Gasteiger partial charge in [-0.15, -0.1) is 0 Å². The van der Waals surface area contributed by atoms with Gasteiger partial charge >= 0.3 is 0 Å². The van der Waals surface area contributed by atoms with Crippen LogP contribution in [0.2, 0.25) is 0 Å². The minimum Gasteiger partial charge on any atom is -0.368 e. The lowest BCUT2D eigenvalue weighted by Gasteiger charge is -2.08. The summed E-state index contributed by atoms with van der Waals surface area (Å²) in [6, 6.07) is 2.75. The predicted molar refractivity (Wildman–Crippen MR) is 60.8 cm³/mol. The number of nitrogen functional groups attached to an aromatic ring is 1. The van der Waals surface area contributed by atoms with E-state index < -0.39 is 17.5 Å². The Morgan fingerprint density at radius 3 is 2.50 bits per heavy atom. The van der Waals surface area contributed by atoms with Crippen LogP contribution in [0.5, 0.6) is 0 Å². The van der Waals surface area contributed by atoms with E-state index in [-0.39, 0.29) is 17.5 Å². The largest absolute Gasteiger partial charge is 0.368 e. The Balaban J connectivity index is 2.39. The van der Waals surface area contributed by atoms with Crippen LogP contribution >= 0.6 is 0 Å². The number of benzene rings is 1. The van der Waals surface area contributed by atoms with Gasteiger partial charge in [-0.05, 0) is 6.92 Å². The normalized spacial score (nSPS) is 10.4. The highest BCUT2D eigenvalue weighted by Crippen LogP contribution is 2.22. The summed E-state index contributed by atoms with van der Waals surface area (Å²) in [7, 11) is 0. The van der Waals surface area contributed by atoms with Crippen LogP contribution < -0.4 is 11.1 Å². The molecule has 0 radical (unpaired) electrons. The van der Waals surface area contributed by atoms with Crippen LogP contribution in [-0.4, -0.2) is 9.97 Å². The first-order valence-electron chi connectivity index (χ1n) is 4.98. The van der Waals surface area contributed by atoms with E-state index in [4.69, 9.17) is 5.73 Å². The summed E-state index contributed by atoms with van der Waals surface area (Å²) >= 11 is 0. The van der Waals surface area contributed by atoms with Crippen LogP contribution in [-0.2, 0) is 0 Å². The van der Waals surface area contributed by atoms with Gasteiger partial charge in [0.05, 0.1) is 5.69 Å². The predicted octanol–water partition coefficient (Wildman–Crippen LogP) is 2.53. The molecule has 0 saturated heterocycles. The van der Waals surface area contributed by atoms with Crippen molar-refractivity contribution in [1.82, 2.24) is 9.97 Å². The zero-order valence-electron chi connectivity index (χ0n) is 9.34. The van der Waals surface area contributed by atoms with Crippen LogP contribution in [0.25, 0.3) is 0 Å². The van der Waals surface area contributed by atoms with Crippen LogP contribution in [0.4, 0.5) is 30.6 Å². The Morgan fingerprint density at radius 2 is 1.83 bits per heavy atom. The number of anilines is 3. The maximum Gasteiger partial charge on any atom is 0.222 e. The number of aromatic nitrogens is 2. The van der Waals surface area contributed by atoms with Gasteiger partial charge in [0.15, 0.2) is 11.6 Å². The van der Waals surface area contributed by atoms with Crippen molar-refractivity contribution < 1.29 is 13.2 Å². The van der Waals surface area contributed by atoms with Crippen molar-refractivity contribution in [2.24, 2.45) is 0 Å². The summed E-state index contributed by atoms with van der Waals surface area (Å²) < 4.78 is 39.3. The number of nitrogens with zero attached hydrogens (tertiary/aromatic N) is 2. The Labute approximate surface area is 101 Å². The van der Waals surface area contributed by atoms with Gasteiger partial charge in [-0.3, -0.25) is 0 Å². The monoisotopic (exact) mass is 254 g/mol. The number of nitrogens with two attached hydrogens (primary N) is 1. The third kappa shape index (κ3) is 2.50. The summed E-state index contributed by atoms with van der Waals surface area (Å²) in [4.78, 5) is 7.59. The average molecular weight is 254 g/mol. The Morgan fingerprint density at radius 1 is 1.11 bits per heavy atom. The molecule has 0 aliphatic heterocycles. The number of aryl methyl sites for hydroxylation is 1. The molecule has 0 atom stereocenters. The molecule has 0 fully saturated rings. The van der Waals surface area contributed by atoms with Gasteiger partial charge in [0, 0.05) is 23.9 Å². The second kappa shape index (κ2) is 4.52. The fraction of sp³-hybridized carbons (Fsp3) is 0.0909. The SMILES string of the molecule is Cc1cc(Nc2cc(F)cc(F)c2F)nc(N)n1. The fourth-order valence-electron chi connectivity index (χ4n) is 1.44. The average Bonchev–Trinajstić information content (AvgIpc) is 2.23. The molecule has 4 nitrogen and oxygen atoms in total. The van der Waals surface area contributed by atoms with Crippen molar-refractivity contribution in [3.63, 3.8) is 0 Å². The van der Waals surface area contributed by atoms with E-state index in [1.165, 1.54) is 6.07 Å². The number of nitrogens with one attached hydrogen (secondary N) is 1. The molecule has 0 unspecified atom stereocenters. The second-order valence-corrected chi connectivity index (χ2v) is 3.63. The highest BCUT2D eigenvalue weighted by molar-refractivity contribution is 5.58. The van der Waals surface area contributed by atoms with E-state index in [0.29, 0.717) is 11.8 Å². The molecule has 1 aromatic heterocycles. The molecular weight excluding hydrogens is 245 g/mol. The number of halogens is 3. The number of rotatable bonds is 2. The highest BCUT2D eigenvalue weighted by atomic mass is 19.2. The molecule has 0 bridgehead atoms. The van der Waals surface area contributed by atoms with Crippen molar-refractivity contribution in [2.75, 3.05) is 11.1 Å². The third-order valence-electron chi connectivity index (χ3n) is 2.13. The summed E-state index contributed by atoms with van der Waals surface area (Å²) in [5.74, 6) is -3.23. The van der Waals surface area contributed by atoms with Crippen LogP contribution in [0.3, 0.4) is 0 Å². The van der Waals surface area contributed by atoms with Gasteiger partial charge in [-0.25, -0.2) is 18.2 Å². The summed E-state index contributed by atoms with van der Waals surface area (Å²) in [6.45, 7) is 1.66. The lowest BCUT2D eigenvalue weighted by molar-refractivity contribution is 0.498. The van der Waals surface area contributed by atoms with Gasteiger partial charge in [-0.2, -0.15) is 4.98 Å². The lowest BCUT2D eigenvalue weighted by atomic mass is 10.2. The molecule has 1 heterocycles. The number of hydrogen-bond donors (Lipinski definition) is 2. The maximum absolute atomic E-state index is 13.4. The quantitative estimate of drug-likeness (QED) is 0.808. The first-order chi connectivity index (χ1) is 8.45. The topological polar surface area (TPSA) is 63.8 Å². The fourth-order valence-corrected chi connectivity index (χ4v) is 1.44. The zero-order chi connectivity index (χ0) is 13.3. The number of hydrogen-bond acceptors (Lipinski definition) is 4. The van der Waals surface area contributed by atoms with E-state index in [1.54, 1.807) is 6.92 Å². The molecule has 3 N–H and O–H groups in total. The van der Waals surface area contributed by atoms with Crippen molar-refractivity contribution >= 4 is 17.5 Å². The molecular formula is C11H9F3N4. The van der Waals surface area contributed by atoms with Gasteiger partial charge in [0.1, 0.15) is 11.6 Å². The molecule has 7 heteroatoms. The van der Waals surface area contributed by atoms with E-state index in [2.05, 4.69) is 15.3 Å². The van der Waals surface area contributed by atoms with E-state index in [9.17, 15) is 13.2 Å². The lowest BCUT2D eigenvalue weighted by Crippen LogP contribution is -2.03. The molecule has 0 aliphatic carbocycles.